The molecule has 1 aliphatic carbocycles. The Morgan fingerprint density at radius 2 is 2.00 bits per heavy atom. The van der Waals surface area contributed by atoms with Crippen LogP contribution in [0.5, 0.6) is 0 Å². The van der Waals surface area contributed by atoms with E-state index in [4.69, 9.17) is 0 Å². The summed E-state index contributed by atoms with van der Waals surface area (Å²) in [5.74, 6) is 0.514. The predicted octanol–water partition coefficient (Wildman–Crippen LogP) is 3.23. The lowest BCUT2D eigenvalue weighted by molar-refractivity contribution is -0.139. The summed E-state index contributed by atoms with van der Waals surface area (Å²) in [7, 11) is 0. The Balaban J connectivity index is 1.96. The molecule has 2 N–H and O–H groups in total. The van der Waals surface area contributed by atoms with Gasteiger partial charge < -0.3 is 10.4 Å². The van der Waals surface area contributed by atoms with E-state index in [9.17, 15) is 9.90 Å². The van der Waals surface area contributed by atoms with Gasteiger partial charge in [-0.3, -0.25) is 4.79 Å². The van der Waals surface area contributed by atoms with Crippen molar-refractivity contribution in [2.45, 2.75) is 38.6 Å². The number of hydrogen-bond acceptors (Lipinski definition) is 2. The SMILES string of the molecule is CC1CCCCC1CNC(C(=O)O)c1ccccc1. The number of carboxylic acids is 1. The van der Waals surface area contributed by atoms with Crippen molar-refractivity contribution in [2.75, 3.05) is 6.54 Å². The first-order valence-electron chi connectivity index (χ1n) is 7.19. The van der Waals surface area contributed by atoms with Gasteiger partial charge >= 0.3 is 5.97 Å². The lowest BCUT2D eigenvalue weighted by Crippen LogP contribution is -2.35. The van der Waals surface area contributed by atoms with E-state index >= 15 is 0 Å². The van der Waals surface area contributed by atoms with E-state index in [0.29, 0.717) is 11.8 Å². The van der Waals surface area contributed by atoms with E-state index in [0.717, 1.165) is 12.1 Å². The van der Waals surface area contributed by atoms with Crippen LogP contribution in [0.2, 0.25) is 0 Å². The third-order valence-electron chi connectivity index (χ3n) is 4.25. The highest BCUT2D eigenvalue weighted by atomic mass is 16.4. The zero-order valence-electron chi connectivity index (χ0n) is 11.5. The first-order valence-corrected chi connectivity index (χ1v) is 7.19. The van der Waals surface area contributed by atoms with Gasteiger partial charge in [-0.1, -0.05) is 56.5 Å². The summed E-state index contributed by atoms with van der Waals surface area (Å²) in [5.41, 5.74) is 0.832. The molecule has 3 atom stereocenters. The monoisotopic (exact) mass is 261 g/mol. The number of rotatable bonds is 5. The summed E-state index contributed by atoms with van der Waals surface area (Å²) in [4.78, 5) is 11.4. The highest BCUT2D eigenvalue weighted by Gasteiger charge is 2.24. The fraction of sp³-hybridized carbons (Fsp3) is 0.562. The molecule has 1 aromatic rings. The summed E-state index contributed by atoms with van der Waals surface area (Å²) < 4.78 is 0. The smallest absolute Gasteiger partial charge is 0.325 e. The molecule has 1 aliphatic rings. The molecule has 0 amide bonds. The molecule has 1 fully saturated rings. The van der Waals surface area contributed by atoms with Crippen molar-refractivity contribution in [1.29, 1.82) is 0 Å². The van der Waals surface area contributed by atoms with Crippen LogP contribution in [0.25, 0.3) is 0 Å². The second kappa shape index (κ2) is 6.71. The fourth-order valence-corrected chi connectivity index (χ4v) is 2.96. The van der Waals surface area contributed by atoms with Gasteiger partial charge in [0.05, 0.1) is 0 Å². The van der Waals surface area contributed by atoms with Gasteiger partial charge in [0.15, 0.2) is 0 Å². The van der Waals surface area contributed by atoms with Crippen LogP contribution in [0.3, 0.4) is 0 Å². The Morgan fingerprint density at radius 3 is 2.63 bits per heavy atom. The van der Waals surface area contributed by atoms with Crippen LogP contribution >= 0.6 is 0 Å². The Labute approximate surface area is 115 Å². The summed E-state index contributed by atoms with van der Waals surface area (Å²) in [6, 6.07) is 8.83. The Kier molecular flexibility index (Phi) is 4.97. The molecule has 0 bridgehead atoms. The van der Waals surface area contributed by atoms with Gasteiger partial charge in [-0.2, -0.15) is 0 Å². The lowest BCUT2D eigenvalue weighted by Gasteiger charge is -2.30. The predicted molar refractivity (Wildman–Crippen MR) is 75.9 cm³/mol. The summed E-state index contributed by atoms with van der Waals surface area (Å²) in [6.07, 6.45) is 5.09. The number of hydrogen-bond donors (Lipinski definition) is 2. The van der Waals surface area contributed by atoms with Crippen LogP contribution in [0.15, 0.2) is 30.3 Å². The second-order valence-electron chi connectivity index (χ2n) is 5.61. The number of carbonyl (C=O) groups is 1. The molecule has 104 valence electrons. The van der Waals surface area contributed by atoms with Gasteiger partial charge in [-0.15, -0.1) is 0 Å². The van der Waals surface area contributed by atoms with E-state index in [2.05, 4.69) is 12.2 Å². The van der Waals surface area contributed by atoms with Crippen molar-refractivity contribution in [3.8, 4) is 0 Å². The molecule has 0 heterocycles. The molecule has 3 heteroatoms. The van der Waals surface area contributed by atoms with Crippen molar-refractivity contribution in [3.63, 3.8) is 0 Å². The molecule has 0 aliphatic heterocycles. The van der Waals surface area contributed by atoms with Gasteiger partial charge in [-0.05, 0) is 30.4 Å². The molecule has 1 saturated carbocycles. The minimum atomic E-state index is -0.797. The molecule has 3 unspecified atom stereocenters. The van der Waals surface area contributed by atoms with Crippen LogP contribution in [0.4, 0.5) is 0 Å². The maximum absolute atomic E-state index is 11.4. The highest BCUT2D eigenvalue weighted by Crippen LogP contribution is 2.29. The van der Waals surface area contributed by atoms with E-state index in [-0.39, 0.29) is 0 Å². The normalized spacial score (nSPS) is 24.9. The molecule has 3 nitrogen and oxygen atoms in total. The molecule has 2 rings (SSSR count). The van der Waals surface area contributed by atoms with Gasteiger partial charge in [0.1, 0.15) is 6.04 Å². The summed E-state index contributed by atoms with van der Waals surface area (Å²) in [6.45, 7) is 3.08. The van der Waals surface area contributed by atoms with Crippen LogP contribution in [0, 0.1) is 11.8 Å². The lowest BCUT2D eigenvalue weighted by atomic mass is 9.80. The van der Waals surface area contributed by atoms with Gasteiger partial charge in [0.2, 0.25) is 0 Å². The van der Waals surface area contributed by atoms with Crippen molar-refractivity contribution in [1.82, 2.24) is 5.32 Å². The summed E-state index contributed by atoms with van der Waals surface area (Å²) in [5, 5.41) is 12.6. The minimum absolute atomic E-state index is 0.588. The van der Waals surface area contributed by atoms with Gasteiger partial charge in [-0.25, -0.2) is 0 Å². The highest BCUT2D eigenvalue weighted by molar-refractivity contribution is 5.75. The third-order valence-corrected chi connectivity index (χ3v) is 4.25. The van der Waals surface area contributed by atoms with E-state index in [1.54, 1.807) is 0 Å². The van der Waals surface area contributed by atoms with Gasteiger partial charge in [0, 0.05) is 0 Å². The van der Waals surface area contributed by atoms with Crippen LogP contribution in [0.1, 0.15) is 44.2 Å². The Morgan fingerprint density at radius 1 is 1.32 bits per heavy atom. The van der Waals surface area contributed by atoms with Crippen molar-refractivity contribution in [3.05, 3.63) is 35.9 Å². The topological polar surface area (TPSA) is 49.3 Å². The molecule has 0 radical (unpaired) electrons. The number of carboxylic acid groups (broad SMARTS) is 1. The Bertz CT molecular complexity index is 404. The molecule has 0 saturated heterocycles. The minimum Gasteiger partial charge on any atom is -0.480 e. The average molecular weight is 261 g/mol. The standard InChI is InChI=1S/C16H23NO2/c1-12-7-5-6-10-14(12)11-17-15(16(18)19)13-8-3-2-4-9-13/h2-4,8-9,12,14-15,17H,5-7,10-11H2,1H3,(H,18,19). The van der Waals surface area contributed by atoms with Crippen LogP contribution in [-0.4, -0.2) is 17.6 Å². The maximum atomic E-state index is 11.4. The third kappa shape index (κ3) is 3.80. The molecular weight excluding hydrogens is 238 g/mol. The van der Waals surface area contributed by atoms with E-state index in [1.807, 2.05) is 30.3 Å². The molecule has 1 aromatic carbocycles. The molecule has 0 spiro atoms. The van der Waals surface area contributed by atoms with E-state index in [1.165, 1.54) is 25.7 Å². The second-order valence-corrected chi connectivity index (χ2v) is 5.61. The van der Waals surface area contributed by atoms with E-state index < -0.39 is 12.0 Å². The van der Waals surface area contributed by atoms with Crippen molar-refractivity contribution in [2.24, 2.45) is 11.8 Å². The van der Waals surface area contributed by atoms with Crippen molar-refractivity contribution >= 4 is 5.97 Å². The molecule has 0 aromatic heterocycles. The number of aliphatic carboxylic acids is 1. The zero-order chi connectivity index (χ0) is 13.7. The first kappa shape index (κ1) is 14.1. The number of nitrogens with one attached hydrogen (secondary N) is 1. The average Bonchev–Trinajstić information content (AvgIpc) is 2.42. The number of benzene rings is 1. The van der Waals surface area contributed by atoms with Crippen molar-refractivity contribution < 1.29 is 9.90 Å². The maximum Gasteiger partial charge on any atom is 0.325 e. The van der Waals surface area contributed by atoms with Gasteiger partial charge in [0.25, 0.3) is 0 Å². The van der Waals surface area contributed by atoms with Crippen LogP contribution in [-0.2, 0) is 4.79 Å². The Hall–Kier alpha value is -1.35. The first-order chi connectivity index (χ1) is 9.18. The summed E-state index contributed by atoms with van der Waals surface area (Å²) >= 11 is 0. The molecule has 19 heavy (non-hydrogen) atoms. The quantitative estimate of drug-likeness (QED) is 0.855. The van der Waals surface area contributed by atoms with Crippen LogP contribution < -0.4 is 5.32 Å². The largest absolute Gasteiger partial charge is 0.480 e. The zero-order valence-corrected chi connectivity index (χ0v) is 11.5. The molecular formula is C16H23NO2. The fourth-order valence-electron chi connectivity index (χ4n) is 2.96.